The Labute approximate surface area is 227 Å². The molecular formula is C28H29F7N2O3. The van der Waals surface area contributed by atoms with E-state index in [1.54, 1.807) is 20.8 Å². The van der Waals surface area contributed by atoms with E-state index in [0.29, 0.717) is 41.8 Å². The van der Waals surface area contributed by atoms with Crippen molar-refractivity contribution in [2.45, 2.75) is 58.1 Å². The maximum atomic E-state index is 13.6. The fourth-order valence-electron chi connectivity index (χ4n) is 4.23. The molecule has 0 unspecified atom stereocenters. The van der Waals surface area contributed by atoms with Crippen LogP contribution in [-0.2, 0) is 28.4 Å². The molecule has 1 fully saturated rings. The molecule has 5 nitrogen and oxygen atoms in total. The van der Waals surface area contributed by atoms with Gasteiger partial charge in [0.05, 0.1) is 17.5 Å². The molecule has 0 radical (unpaired) electrons. The molecule has 1 heterocycles. The summed E-state index contributed by atoms with van der Waals surface area (Å²) >= 11 is 0. The number of carbonyl (C=O) groups excluding carboxylic acids is 2. The summed E-state index contributed by atoms with van der Waals surface area (Å²) in [7, 11) is 1.27. The van der Waals surface area contributed by atoms with Crippen molar-refractivity contribution in [1.29, 1.82) is 0 Å². The van der Waals surface area contributed by atoms with Crippen LogP contribution in [0.2, 0.25) is 0 Å². The quantitative estimate of drug-likeness (QED) is 0.352. The molecule has 2 amide bonds. The van der Waals surface area contributed by atoms with Crippen molar-refractivity contribution in [3.63, 3.8) is 0 Å². The van der Waals surface area contributed by atoms with Crippen LogP contribution in [0, 0.1) is 5.82 Å². The zero-order valence-corrected chi connectivity index (χ0v) is 22.3. The standard InChI is InChI=1S/C28H29F7N2O3/c1-26(2,3)40-25(39)37-10-9-19(16-37)23(18-5-7-22(29)8-6-18)14-24(38)36(4)15-17-11-20(27(30,31)32)13-21(12-17)28(33,34)35/h5-8,11-13H,9-10,14-16H2,1-4H3/b23-19-. The first-order valence-electron chi connectivity index (χ1n) is 12.3. The van der Waals surface area contributed by atoms with Crippen LogP contribution in [0.5, 0.6) is 0 Å². The van der Waals surface area contributed by atoms with Gasteiger partial charge in [-0.25, -0.2) is 9.18 Å². The molecule has 2 aromatic carbocycles. The molecule has 1 aliphatic heterocycles. The molecule has 0 N–H and O–H groups in total. The number of ether oxygens (including phenoxy) is 1. The fourth-order valence-corrected chi connectivity index (χ4v) is 4.23. The average molecular weight is 575 g/mol. The van der Waals surface area contributed by atoms with Gasteiger partial charge in [-0.3, -0.25) is 4.79 Å². The second-order valence-electron chi connectivity index (χ2n) is 10.6. The number of hydrogen-bond acceptors (Lipinski definition) is 3. The molecule has 0 aromatic heterocycles. The Morgan fingerprint density at radius 3 is 1.98 bits per heavy atom. The number of nitrogens with zero attached hydrogens (tertiary/aromatic N) is 2. The molecule has 0 atom stereocenters. The van der Waals surface area contributed by atoms with Crippen molar-refractivity contribution in [3.8, 4) is 0 Å². The SMILES string of the molecule is CN(Cc1cc(C(F)(F)F)cc(C(F)(F)F)c1)C(=O)C/C(=C1\CCN(C(=O)OC(C)(C)C)C1)c1ccc(F)cc1. The van der Waals surface area contributed by atoms with Crippen LogP contribution in [0.3, 0.4) is 0 Å². The average Bonchev–Trinajstić information content (AvgIpc) is 3.31. The Morgan fingerprint density at radius 1 is 0.925 bits per heavy atom. The first-order chi connectivity index (χ1) is 18.3. The summed E-state index contributed by atoms with van der Waals surface area (Å²) in [5.74, 6) is -1.10. The van der Waals surface area contributed by atoms with Crippen LogP contribution >= 0.6 is 0 Å². The smallest absolute Gasteiger partial charge is 0.416 e. The first-order valence-corrected chi connectivity index (χ1v) is 12.3. The highest BCUT2D eigenvalue weighted by Gasteiger charge is 2.37. The summed E-state index contributed by atoms with van der Waals surface area (Å²) in [5.41, 5.74) is -2.31. The highest BCUT2D eigenvalue weighted by molar-refractivity contribution is 5.90. The summed E-state index contributed by atoms with van der Waals surface area (Å²) in [5, 5.41) is 0. The van der Waals surface area contributed by atoms with E-state index in [2.05, 4.69) is 0 Å². The van der Waals surface area contributed by atoms with Gasteiger partial charge >= 0.3 is 18.4 Å². The van der Waals surface area contributed by atoms with Gasteiger partial charge in [0.1, 0.15) is 11.4 Å². The second kappa shape index (κ2) is 11.5. The van der Waals surface area contributed by atoms with E-state index >= 15 is 0 Å². The summed E-state index contributed by atoms with van der Waals surface area (Å²) in [4.78, 5) is 28.2. The van der Waals surface area contributed by atoms with E-state index in [9.17, 15) is 40.3 Å². The highest BCUT2D eigenvalue weighted by Crippen LogP contribution is 2.37. The third kappa shape index (κ3) is 8.22. The van der Waals surface area contributed by atoms with Crippen LogP contribution in [-0.4, -0.2) is 47.5 Å². The predicted molar refractivity (Wildman–Crippen MR) is 133 cm³/mol. The Morgan fingerprint density at radius 2 is 1.48 bits per heavy atom. The zero-order chi connectivity index (χ0) is 30.0. The van der Waals surface area contributed by atoms with Gasteiger partial charge in [-0.2, -0.15) is 26.3 Å². The van der Waals surface area contributed by atoms with Gasteiger partial charge in [-0.05, 0) is 79.8 Å². The lowest BCUT2D eigenvalue weighted by Crippen LogP contribution is -2.35. The van der Waals surface area contributed by atoms with Crippen molar-refractivity contribution >= 4 is 17.6 Å². The lowest BCUT2D eigenvalue weighted by molar-refractivity contribution is -0.143. The lowest BCUT2D eigenvalue weighted by atomic mass is 9.95. The van der Waals surface area contributed by atoms with Crippen LogP contribution in [0.25, 0.3) is 5.57 Å². The molecule has 12 heteroatoms. The summed E-state index contributed by atoms with van der Waals surface area (Å²) in [6.07, 6.45) is -10.5. The van der Waals surface area contributed by atoms with E-state index in [4.69, 9.17) is 4.74 Å². The van der Waals surface area contributed by atoms with Gasteiger partial charge in [-0.15, -0.1) is 0 Å². The number of alkyl halides is 6. The fraction of sp³-hybridized carbons (Fsp3) is 0.429. The van der Waals surface area contributed by atoms with E-state index < -0.39 is 53.4 Å². The Bertz CT molecular complexity index is 1240. The minimum absolute atomic E-state index is 0.0267. The molecule has 40 heavy (non-hydrogen) atoms. The Balaban J connectivity index is 1.88. The molecule has 0 saturated carbocycles. The number of benzene rings is 2. The van der Waals surface area contributed by atoms with Crippen molar-refractivity contribution in [1.82, 2.24) is 9.80 Å². The Kier molecular flexibility index (Phi) is 8.90. The molecular weight excluding hydrogens is 545 g/mol. The topological polar surface area (TPSA) is 49.9 Å². The number of rotatable bonds is 5. The molecule has 0 spiro atoms. The number of halogens is 7. The maximum Gasteiger partial charge on any atom is 0.416 e. The third-order valence-corrected chi connectivity index (χ3v) is 6.16. The minimum atomic E-state index is -5.01. The van der Waals surface area contributed by atoms with E-state index in [-0.39, 0.29) is 24.6 Å². The predicted octanol–water partition coefficient (Wildman–Crippen LogP) is 7.31. The van der Waals surface area contributed by atoms with E-state index in [0.717, 1.165) is 4.90 Å². The van der Waals surface area contributed by atoms with Crippen molar-refractivity contribution < 1.29 is 45.1 Å². The summed E-state index contributed by atoms with van der Waals surface area (Å²) < 4.78 is 98.5. The molecule has 218 valence electrons. The molecule has 0 bridgehead atoms. The monoisotopic (exact) mass is 574 g/mol. The molecule has 0 aliphatic carbocycles. The minimum Gasteiger partial charge on any atom is -0.444 e. The summed E-state index contributed by atoms with van der Waals surface area (Å²) in [6, 6.07) is 6.51. The van der Waals surface area contributed by atoms with Gasteiger partial charge in [0.25, 0.3) is 0 Å². The zero-order valence-electron chi connectivity index (χ0n) is 22.3. The summed E-state index contributed by atoms with van der Waals surface area (Å²) in [6.45, 7) is 5.10. The van der Waals surface area contributed by atoms with Crippen LogP contribution in [0.15, 0.2) is 48.0 Å². The van der Waals surface area contributed by atoms with Gasteiger partial charge in [0, 0.05) is 26.7 Å². The van der Waals surface area contributed by atoms with Crippen molar-refractivity contribution in [2.24, 2.45) is 0 Å². The first kappa shape index (κ1) is 31.0. The van der Waals surface area contributed by atoms with Gasteiger partial charge in [-0.1, -0.05) is 12.1 Å². The lowest BCUT2D eigenvalue weighted by Gasteiger charge is -2.24. The van der Waals surface area contributed by atoms with Crippen molar-refractivity contribution in [2.75, 3.05) is 20.1 Å². The van der Waals surface area contributed by atoms with Gasteiger partial charge in [0.2, 0.25) is 5.91 Å². The highest BCUT2D eigenvalue weighted by atomic mass is 19.4. The number of likely N-dealkylation sites (tertiary alicyclic amines) is 1. The van der Waals surface area contributed by atoms with Crippen molar-refractivity contribution in [3.05, 3.63) is 76.1 Å². The van der Waals surface area contributed by atoms with E-state index in [1.165, 1.54) is 36.2 Å². The van der Waals surface area contributed by atoms with Crippen LogP contribution in [0.4, 0.5) is 35.5 Å². The normalized spacial score (nSPS) is 15.7. The molecule has 1 aliphatic rings. The number of carbonyl (C=O) groups is 2. The molecule has 2 aromatic rings. The number of hydrogen-bond donors (Lipinski definition) is 0. The van der Waals surface area contributed by atoms with Crippen LogP contribution in [0.1, 0.15) is 55.9 Å². The Hall–Kier alpha value is -3.57. The molecule has 3 rings (SSSR count). The van der Waals surface area contributed by atoms with Crippen LogP contribution < -0.4 is 0 Å². The third-order valence-electron chi connectivity index (χ3n) is 6.16. The molecule has 1 saturated heterocycles. The van der Waals surface area contributed by atoms with E-state index in [1.807, 2.05) is 0 Å². The second-order valence-corrected chi connectivity index (χ2v) is 10.6. The van der Waals surface area contributed by atoms with Gasteiger partial charge < -0.3 is 14.5 Å². The van der Waals surface area contributed by atoms with Gasteiger partial charge in [0.15, 0.2) is 0 Å². The maximum absolute atomic E-state index is 13.6. The number of amides is 2. The largest absolute Gasteiger partial charge is 0.444 e.